The third-order valence-electron chi connectivity index (χ3n) is 3.65. The summed E-state index contributed by atoms with van der Waals surface area (Å²) in [5, 5.41) is 6.91. The number of hydrogen-bond donors (Lipinski definition) is 1. The van der Waals surface area contributed by atoms with Crippen molar-refractivity contribution in [2.24, 2.45) is 5.92 Å². The van der Waals surface area contributed by atoms with Gasteiger partial charge in [0.2, 0.25) is 5.91 Å². The average molecular weight is 282 g/mol. The molecule has 0 radical (unpaired) electrons. The molecular weight excluding hydrogens is 264 g/mol. The van der Waals surface area contributed by atoms with Crippen molar-refractivity contribution in [3.05, 3.63) is 54.3 Å². The number of nitrogens with one attached hydrogen (secondary N) is 1. The van der Waals surface area contributed by atoms with Crippen LogP contribution in [0.15, 0.2) is 53.1 Å². The van der Waals surface area contributed by atoms with Crippen molar-refractivity contribution >= 4 is 5.91 Å². The molecule has 0 saturated carbocycles. The number of rotatable bonds is 5. The number of amides is 1. The molecule has 21 heavy (non-hydrogen) atoms. The van der Waals surface area contributed by atoms with Crippen LogP contribution in [0.1, 0.15) is 25.0 Å². The summed E-state index contributed by atoms with van der Waals surface area (Å²) in [7, 11) is 0. The molecule has 0 spiro atoms. The van der Waals surface area contributed by atoms with Crippen LogP contribution in [0.5, 0.6) is 0 Å². The van der Waals surface area contributed by atoms with E-state index in [0.717, 1.165) is 24.1 Å². The van der Waals surface area contributed by atoms with Crippen LogP contribution in [0.4, 0.5) is 0 Å². The zero-order valence-electron chi connectivity index (χ0n) is 11.8. The molecule has 1 atom stereocenters. The van der Waals surface area contributed by atoms with Gasteiger partial charge in [0.15, 0.2) is 5.76 Å². The fourth-order valence-electron chi connectivity index (χ4n) is 2.50. The van der Waals surface area contributed by atoms with Crippen molar-refractivity contribution < 1.29 is 9.32 Å². The lowest BCUT2D eigenvalue weighted by Crippen LogP contribution is -2.24. The number of benzene rings is 1. The minimum atomic E-state index is 0.0595. The first kappa shape index (κ1) is 13.6. The molecule has 0 unspecified atom stereocenters. The van der Waals surface area contributed by atoms with Crippen LogP contribution in [-0.4, -0.2) is 11.1 Å². The normalized spacial score (nSPS) is 17.0. The maximum Gasteiger partial charge on any atom is 0.220 e. The Kier molecular flexibility index (Phi) is 4.15. The Labute approximate surface area is 123 Å². The lowest BCUT2D eigenvalue weighted by molar-refractivity contribution is -0.121. The highest BCUT2D eigenvalue weighted by atomic mass is 16.5. The average Bonchev–Trinajstić information content (AvgIpc) is 3.17. The van der Waals surface area contributed by atoms with Crippen molar-refractivity contribution in [2.45, 2.75) is 25.8 Å². The zero-order chi connectivity index (χ0) is 14.5. The Morgan fingerprint density at radius 2 is 2.19 bits per heavy atom. The summed E-state index contributed by atoms with van der Waals surface area (Å²) in [6, 6.07) is 11.7. The molecule has 1 aromatic carbocycles. The second-order valence-corrected chi connectivity index (χ2v) is 5.29. The molecule has 1 amide bonds. The summed E-state index contributed by atoms with van der Waals surface area (Å²) in [4.78, 5) is 11.8. The number of allylic oxidation sites excluding steroid dienone is 2. The first-order chi connectivity index (χ1) is 10.3. The van der Waals surface area contributed by atoms with Gasteiger partial charge in [-0.3, -0.25) is 4.79 Å². The van der Waals surface area contributed by atoms with Crippen molar-refractivity contribution in [1.29, 1.82) is 0 Å². The van der Waals surface area contributed by atoms with Crippen LogP contribution in [0, 0.1) is 5.92 Å². The molecule has 1 aliphatic rings. The predicted octanol–water partition coefficient (Wildman–Crippen LogP) is 3.31. The Morgan fingerprint density at radius 1 is 1.33 bits per heavy atom. The minimum Gasteiger partial charge on any atom is -0.359 e. The highest BCUT2D eigenvalue weighted by Crippen LogP contribution is 2.20. The second-order valence-electron chi connectivity index (χ2n) is 5.29. The standard InChI is InChI=1S/C17H18N2O2/c20-17(10-13-6-4-5-7-13)18-12-15-11-16(19-21-15)14-8-2-1-3-9-14/h1-4,6,8-9,11,13H,5,7,10,12H2,(H,18,20)/t13-/m1/s1. The van der Waals surface area contributed by atoms with Gasteiger partial charge in [-0.1, -0.05) is 47.6 Å². The largest absolute Gasteiger partial charge is 0.359 e. The van der Waals surface area contributed by atoms with Crippen LogP contribution < -0.4 is 5.32 Å². The molecule has 0 aliphatic heterocycles. The van der Waals surface area contributed by atoms with E-state index in [1.807, 2.05) is 36.4 Å². The van der Waals surface area contributed by atoms with E-state index in [0.29, 0.717) is 24.6 Å². The zero-order valence-corrected chi connectivity index (χ0v) is 11.8. The molecule has 1 N–H and O–H groups in total. The van der Waals surface area contributed by atoms with E-state index >= 15 is 0 Å². The maximum atomic E-state index is 11.8. The molecule has 0 bridgehead atoms. The first-order valence-electron chi connectivity index (χ1n) is 7.25. The van der Waals surface area contributed by atoms with E-state index in [9.17, 15) is 4.79 Å². The number of hydrogen-bond acceptors (Lipinski definition) is 3. The fourth-order valence-corrected chi connectivity index (χ4v) is 2.50. The molecule has 1 heterocycles. The Bertz CT molecular complexity index is 631. The van der Waals surface area contributed by atoms with Gasteiger partial charge in [0.25, 0.3) is 0 Å². The predicted molar refractivity (Wildman–Crippen MR) is 80.3 cm³/mol. The van der Waals surface area contributed by atoms with Gasteiger partial charge in [-0.2, -0.15) is 0 Å². The molecule has 2 aromatic rings. The molecule has 0 saturated heterocycles. The summed E-state index contributed by atoms with van der Waals surface area (Å²) >= 11 is 0. The topological polar surface area (TPSA) is 55.1 Å². The van der Waals surface area contributed by atoms with E-state index < -0.39 is 0 Å². The molecule has 1 aromatic heterocycles. The van der Waals surface area contributed by atoms with E-state index in [1.54, 1.807) is 0 Å². The van der Waals surface area contributed by atoms with Crippen LogP contribution in [0.2, 0.25) is 0 Å². The van der Waals surface area contributed by atoms with Gasteiger partial charge in [-0.25, -0.2) is 0 Å². The van der Waals surface area contributed by atoms with E-state index in [2.05, 4.69) is 22.6 Å². The van der Waals surface area contributed by atoms with Gasteiger partial charge >= 0.3 is 0 Å². The summed E-state index contributed by atoms with van der Waals surface area (Å²) in [5.74, 6) is 1.12. The molecule has 1 aliphatic carbocycles. The highest BCUT2D eigenvalue weighted by Gasteiger charge is 2.14. The van der Waals surface area contributed by atoms with Gasteiger partial charge < -0.3 is 9.84 Å². The Hall–Kier alpha value is -2.36. The summed E-state index contributed by atoms with van der Waals surface area (Å²) in [5.41, 5.74) is 1.80. The van der Waals surface area contributed by atoms with Crippen LogP contribution in [-0.2, 0) is 11.3 Å². The molecule has 3 rings (SSSR count). The fraction of sp³-hybridized carbons (Fsp3) is 0.294. The quantitative estimate of drug-likeness (QED) is 0.856. The smallest absolute Gasteiger partial charge is 0.220 e. The molecule has 4 nitrogen and oxygen atoms in total. The Balaban J connectivity index is 1.53. The number of aromatic nitrogens is 1. The van der Waals surface area contributed by atoms with E-state index in [-0.39, 0.29) is 5.91 Å². The number of carbonyl (C=O) groups is 1. The summed E-state index contributed by atoms with van der Waals surface area (Å²) in [6.07, 6.45) is 6.98. The van der Waals surface area contributed by atoms with Gasteiger partial charge in [-0.15, -0.1) is 0 Å². The summed E-state index contributed by atoms with van der Waals surface area (Å²) in [6.45, 7) is 0.384. The van der Waals surface area contributed by atoms with E-state index in [4.69, 9.17) is 4.52 Å². The lowest BCUT2D eigenvalue weighted by atomic mass is 10.1. The number of nitrogens with zero attached hydrogens (tertiary/aromatic N) is 1. The first-order valence-corrected chi connectivity index (χ1v) is 7.25. The molecular formula is C17H18N2O2. The summed E-state index contributed by atoms with van der Waals surface area (Å²) < 4.78 is 5.26. The maximum absolute atomic E-state index is 11.8. The van der Waals surface area contributed by atoms with Crippen molar-refractivity contribution in [3.8, 4) is 11.3 Å². The minimum absolute atomic E-state index is 0.0595. The van der Waals surface area contributed by atoms with Crippen molar-refractivity contribution in [3.63, 3.8) is 0 Å². The highest BCUT2D eigenvalue weighted by molar-refractivity contribution is 5.76. The lowest BCUT2D eigenvalue weighted by Gasteiger charge is -2.06. The van der Waals surface area contributed by atoms with Gasteiger partial charge in [-0.05, 0) is 18.8 Å². The van der Waals surface area contributed by atoms with Gasteiger partial charge in [0, 0.05) is 18.1 Å². The molecule has 4 heteroatoms. The third kappa shape index (κ3) is 3.60. The number of carbonyl (C=O) groups excluding carboxylic acids is 1. The van der Waals surface area contributed by atoms with Gasteiger partial charge in [0.05, 0.1) is 6.54 Å². The third-order valence-corrected chi connectivity index (χ3v) is 3.65. The second kappa shape index (κ2) is 6.39. The van der Waals surface area contributed by atoms with Gasteiger partial charge in [0.1, 0.15) is 5.69 Å². The monoisotopic (exact) mass is 282 g/mol. The molecule has 108 valence electrons. The van der Waals surface area contributed by atoms with Crippen molar-refractivity contribution in [2.75, 3.05) is 0 Å². The van der Waals surface area contributed by atoms with Crippen LogP contribution in [0.25, 0.3) is 11.3 Å². The van der Waals surface area contributed by atoms with Crippen LogP contribution >= 0.6 is 0 Å². The SMILES string of the molecule is O=C(C[C@@H]1C=CCC1)NCc1cc(-c2ccccc2)no1. The van der Waals surface area contributed by atoms with E-state index in [1.165, 1.54) is 0 Å². The molecule has 0 fully saturated rings. The Morgan fingerprint density at radius 3 is 2.95 bits per heavy atom. The van der Waals surface area contributed by atoms with Crippen LogP contribution in [0.3, 0.4) is 0 Å². The van der Waals surface area contributed by atoms with Crippen molar-refractivity contribution in [1.82, 2.24) is 10.5 Å².